The van der Waals surface area contributed by atoms with Gasteiger partial charge in [-0.25, -0.2) is 4.79 Å². The summed E-state index contributed by atoms with van der Waals surface area (Å²) in [5.41, 5.74) is -0.190. The number of carboxylic acids is 1. The summed E-state index contributed by atoms with van der Waals surface area (Å²) in [7, 11) is 0. The maximum atomic E-state index is 12.1. The first kappa shape index (κ1) is 16.1. The van der Waals surface area contributed by atoms with E-state index in [4.69, 9.17) is 9.84 Å². The number of hydrogen-bond acceptors (Lipinski definition) is 3. The van der Waals surface area contributed by atoms with Crippen molar-refractivity contribution < 1.29 is 19.4 Å². The van der Waals surface area contributed by atoms with Crippen LogP contribution in [0.5, 0.6) is 0 Å². The van der Waals surface area contributed by atoms with Gasteiger partial charge < -0.3 is 14.7 Å². The van der Waals surface area contributed by atoms with Gasteiger partial charge in [-0.15, -0.1) is 0 Å². The largest absolute Gasteiger partial charge is 0.481 e. The maximum absolute atomic E-state index is 12.1. The standard InChI is InChI=1S/C16H27NO4/c1-15(2,3)21-14(20)17-8-6-16(7-9-17)5-4-12(11-16)10-13(18)19/h12H,4-11H2,1-3H3,(H,18,19). The number of carboxylic acid groups (broad SMARTS) is 1. The molecular weight excluding hydrogens is 270 g/mol. The highest BCUT2D eigenvalue weighted by Crippen LogP contribution is 2.49. The average molecular weight is 297 g/mol. The van der Waals surface area contributed by atoms with Gasteiger partial charge in [-0.05, 0) is 64.2 Å². The molecule has 5 heteroatoms. The summed E-state index contributed by atoms with van der Waals surface area (Å²) in [5, 5.41) is 8.91. The monoisotopic (exact) mass is 297 g/mol. The van der Waals surface area contributed by atoms with Crippen LogP contribution >= 0.6 is 0 Å². The first-order valence-corrected chi connectivity index (χ1v) is 7.89. The van der Waals surface area contributed by atoms with Crippen LogP contribution in [0.4, 0.5) is 4.79 Å². The Labute approximate surface area is 126 Å². The van der Waals surface area contributed by atoms with Crippen molar-refractivity contribution in [3.05, 3.63) is 0 Å². The van der Waals surface area contributed by atoms with Crippen LogP contribution < -0.4 is 0 Å². The van der Waals surface area contributed by atoms with Crippen LogP contribution in [0.1, 0.15) is 59.3 Å². The smallest absolute Gasteiger partial charge is 0.410 e. The lowest BCUT2D eigenvalue weighted by Gasteiger charge is -2.40. The third-order valence-electron chi connectivity index (χ3n) is 4.74. The molecule has 2 fully saturated rings. The lowest BCUT2D eigenvalue weighted by atomic mass is 9.76. The van der Waals surface area contributed by atoms with Crippen molar-refractivity contribution in [1.29, 1.82) is 0 Å². The van der Waals surface area contributed by atoms with Crippen molar-refractivity contribution >= 4 is 12.1 Å². The molecule has 1 N–H and O–H groups in total. The molecular formula is C16H27NO4. The third kappa shape index (κ3) is 4.35. The molecule has 1 heterocycles. The van der Waals surface area contributed by atoms with E-state index in [0.29, 0.717) is 5.92 Å². The highest BCUT2D eigenvalue weighted by molar-refractivity contribution is 5.68. The van der Waals surface area contributed by atoms with Gasteiger partial charge in [-0.3, -0.25) is 4.79 Å². The van der Waals surface area contributed by atoms with E-state index in [2.05, 4.69) is 0 Å². The molecule has 21 heavy (non-hydrogen) atoms. The molecule has 1 unspecified atom stereocenters. The second-order valence-corrected chi connectivity index (χ2v) is 7.67. The van der Waals surface area contributed by atoms with Crippen molar-refractivity contribution in [2.75, 3.05) is 13.1 Å². The highest BCUT2D eigenvalue weighted by Gasteiger charge is 2.42. The maximum Gasteiger partial charge on any atom is 0.410 e. The van der Waals surface area contributed by atoms with Gasteiger partial charge in [0.15, 0.2) is 0 Å². The van der Waals surface area contributed by atoms with Gasteiger partial charge in [-0.2, -0.15) is 0 Å². The number of amides is 1. The fourth-order valence-corrected chi connectivity index (χ4v) is 3.69. The Morgan fingerprint density at radius 2 is 1.86 bits per heavy atom. The fraction of sp³-hybridized carbons (Fsp3) is 0.875. The van der Waals surface area contributed by atoms with Crippen LogP contribution in [0.3, 0.4) is 0 Å². The molecule has 0 aromatic rings. The first-order valence-electron chi connectivity index (χ1n) is 7.89. The van der Waals surface area contributed by atoms with Gasteiger partial charge in [0.25, 0.3) is 0 Å². The number of piperidine rings is 1. The Balaban J connectivity index is 1.83. The minimum absolute atomic E-state index is 0.225. The summed E-state index contributed by atoms with van der Waals surface area (Å²) in [6.07, 6.45) is 5.13. The molecule has 5 nitrogen and oxygen atoms in total. The second-order valence-electron chi connectivity index (χ2n) is 7.67. The van der Waals surface area contributed by atoms with Crippen molar-refractivity contribution in [1.82, 2.24) is 4.90 Å². The predicted octanol–water partition coefficient (Wildman–Crippen LogP) is 3.28. The third-order valence-corrected chi connectivity index (χ3v) is 4.74. The molecule has 1 amide bonds. The van der Waals surface area contributed by atoms with E-state index >= 15 is 0 Å². The van der Waals surface area contributed by atoms with Gasteiger partial charge in [0, 0.05) is 19.5 Å². The van der Waals surface area contributed by atoms with Crippen LogP contribution in [0.15, 0.2) is 0 Å². The van der Waals surface area contributed by atoms with E-state index < -0.39 is 11.6 Å². The van der Waals surface area contributed by atoms with Gasteiger partial charge in [0.05, 0.1) is 0 Å². The van der Waals surface area contributed by atoms with E-state index in [1.165, 1.54) is 0 Å². The SMILES string of the molecule is CC(C)(C)OC(=O)N1CCC2(CCC(CC(=O)O)C2)CC1. The van der Waals surface area contributed by atoms with Crippen LogP contribution in [0.25, 0.3) is 0 Å². The van der Waals surface area contributed by atoms with E-state index in [9.17, 15) is 9.59 Å². The quantitative estimate of drug-likeness (QED) is 0.849. The molecule has 1 saturated heterocycles. The number of nitrogens with zero attached hydrogens (tertiary/aromatic N) is 1. The zero-order valence-electron chi connectivity index (χ0n) is 13.4. The first-order chi connectivity index (χ1) is 9.69. The molecule has 0 radical (unpaired) electrons. The van der Waals surface area contributed by atoms with E-state index in [1.54, 1.807) is 4.90 Å². The van der Waals surface area contributed by atoms with Crippen LogP contribution in [0.2, 0.25) is 0 Å². The summed E-state index contributed by atoms with van der Waals surface area (Å²) in [5.74, 6) is -0.376. The Kier molecular flexibility index (Phi) is 4.49. The summed E-state index contributed by atoms with van der Waals surface area (Å²) < 4.78 is 5.41. The zero-order chi connectivity index (χ0) is 15.7. The van der Waals surface area contributed by atoms with Crippen LogP contribution in [0, 0.1) is 11.3 Å². The van der Waals surface area contributed by atoms with Gasteiger partial charge in [0.1, 0.15) is 5.60 Å². The van der Waals surface area contributed by atoms with Gasteiger partial charge >= 0.3 is 12.1 Å². The van der Waals surface area contributed by atoms with Crippen molar-refractivity contribution in [2.24, 2.45) is 11.3 Å². The van der Waals surface area contributed by atoms with Crippen molar-refractivity contribution in [2.45, 2.75) is 64.9 Å². The highest BCUT2D eigenvalue weighted by atomic mass is 16.6. The Morgan fingerprint density at radius 3 is 2.38 bits per heavy atom. The summed E-state index contributed by atoms with van der Waals surface area (Å²) in [4.78, 5) is 24.7. The topological polar surface area (TPSA) is 66.8 Å². The number of hydrogen-bond donors (Lipinski definition) is 1. The number of carbonyl (C=O) groups is 2. The fourth-order valence-electron chi connectivity index (χ4n) is 3.69. The molecule has 2 aliphatic rings. The number of ether oxygens (including phenoxy) is 1. The van der Waals surface area contributed by atoms with Crippen LogP contribution in [-0.4, -0.2) is 40.8 Å². The summed E-state index contributed by atoms with van der Waals surface area (Å²) >= 11 is 0. The van der Waals surface area contributed by atoms with E-state index in [0.717, 1.165) is 45.2 Å². The lowest BCUT2D eigenvalue weighted by Crippen LogP contribution is -2.44. The Bertz CT molecular complexity index is 405. The van der Waals surface area contributed by atoms with Crippen molar-refractivity contribution in [3.63, 3.8) is 0 Å². The normalized spacial score (nSPS) is 25.1. The number of rotatable bonds is 2. The molecule has 0 aromatic heterocycles. The average Bonchev–Trinajstić information content (AvgIpc) is 2.70. The Hall–Kier alpha value is -1.26. The molecule has 1 saturated carbocycles. The summed E-state index contributed by atoms with van der Waals surface area (Å²) in [6, 6.07) is 0. The van der Waals surface area contributed by atoms with E-state index in [-0.39, 0.29) is 17.9 Å². The van der Waals surface area contributed by atoms with E-state index in [1.807, 2.05) is 20.8 Å². The second kappa shape index (κ2) is 5.85. The van der Waals surface area contributed by atoms with Crippen LogP contribution in [-0.2, 0) is 9.53 Å². The molecule has 1 atom stereocenters. The lowest BCUT2D eigenvalue weighted by molar-refractivity contribution is -0.138. The number of aliphatic carboxylic acids is 1. The minimum atomic E-state index is -0.691. The molecule has 0 aromatic carbocycles. The molecule has 0 bridgehead atoms. The minimum Gasteiger partial charge on any atom is -0.481 e. The number of likely N-dealkylation sites (tertiary alicyclic amines) is 1. The van der Waals surface area contributed by atoms with Gasteiger partial charge in [0.2, 0.25) is 0 Å². The molecule has 1 spiro atoms. The predicted molar refractivity (Wildman–Crippen MR) is 79.1 cm³/mol. The van der Waals surface area contributed by atoms with Gasteiger partial charge in [-0.1, -0.05) is 0 Å². The zero-order valence-corrected chi connectivity index (χ0v) is 13.4. The molecule has 120 valence electrons. The summed E-state index contributed by atoms with van der Waals surface area (Å²) in [6.45, 7) is 7.10. The molecule has 2 rings (SSSR count). The van der Waals surface area contributed by atoms with Crippen molar-refractivity contribution in [3.8, 4) is 0 Å². The molecule has 1 aliphatic carbocycles. The number of carbonyl (C=O) groups excluding carboxylic acids is 1. The Morgan fingerprint density at radius 1 is 1.24 bits per heavy atom. The molecule has 1 aliphatic heterocycles.